The predicted octanol–water partition coefficient (Wildman–Crippen LogP) is 1.95. The molecule has 2 aliphatic heterocycles. The van der Waals surface area contributed by atoms with Crippen molar-refractivity contribution in [2.45, 2.75) is 31.5 Å². The third-order valence-corrected chi connectivity index (χ3v) is 4.44. The fourth-order valence-electron chi connectivity index (χ4n) is 3.47. The first kappa shape index (κ1) is 14.8. The van der Waals surface area contributed by atoms with Crippen LogP contribution in [0.3, 0.4) is 0 Å². The Hall–Kier alpha value is -2.14. The van der Waals surface area contributed by atoms with Gasteiger partial charge in [0.1, 0.15) is 24.1 Å². The molecular formula is C17H18O5. The van der Waals surface area contributed by atoms with E-state index in [1.807, 2.05) is 19.1 Å². The van der Waals surface area contributed by atoms with Crippen molar-refractivity contribution in [2.24, 2.45) is 5.92 Å². The molecule has 5 nitrogen and oxygen atoms in total. The Morgan fingerprint density at radius 3 is 2.68 bits per heavy atom. The average Bonchev–Trinajstić information content (AvgIpc) is 2.73. The van der Waals surface area contributed by atoms with E-state index in [0.717, 1.165) is 5.56 Å². The van der Waals surface area contributed by atoms with Crippen molar-refractivity contribution in [3.63, 3.8) is 0 Å². The van der Waals surface area contributed by atoms with E-state index in [2.05, 4.69) is 0 Å². The Bertz CT molecular complexity index is 633. The smallest absolute Gasteiger partial charge is 0.302 e. The van der Waals surface area contributed by atoms with Gasteiger partial charge in [0, 0.05) is 12.8 Å². The molecule has 0 spiro atoms. The first-order valence-corrected chi connectivity index (χ1v) is 7.26. The van der Waals surface area contributed by atoms with Crippen molar-refractivity contribution in [1.82, 2.24) is 0 Å². The number of aromatic hydroxyl groups is 1. The highest BCUT2D eigenvalue weighted by molar-refractivity contribution is 5.95. The molecular weight excluding hydrogens is 284 g/mol. The Labute approximate surface area is 128 Å². The molecule has 1 aromatic carbocycles. The molecule has 116 valence electrons. The van der Waals surface area contributed by atoms with E-state index in [4.69, 9.17) is 9.47 Å². The van der Waals surface area contributed by atoms with E-state index in [9.17, 15) is 14.7 Å². The summed E-state index contributed by atoms with van der Waals surface area (Å²) in [6.45, 7) is 3.38. The Morgan fingerprint density at radius 1 is 1.36 bits per heavy atom. The number of ketones is 1. The number of hydrogen-bond acceptors (Lipinski definition) is 5. The van der Waals surface area contributed by atoms with Gasteiger partial charge in [-0.2, -0.15) is 0 Å². The number of benzene rings is 1. The van der Waals surface area contributed by atoms with Crippen molar-refractivity contribution >= 4 is 11.8 Å². The highest BCUT2D eigenvalue weighted by atomic mass is 16.6. The van der Waals surface area contributed by atoms with Crippen LogP contribution in [0, 0.1) is 5.92 Å². The Balaban J connectivity index is 2.01. The lowest BCUT2D eigenvalue weighted by atomic mass is 9.77. The van der Waals surface area contributed by atoms with E-state index in [-0.39, 0.29) is 35.9 Å². The van der Waals surface area contributed by atoms with E-state index in [1.165, 1.54) is 13.0 Å². The lowest BCUT2D eigenvalue weighted by Gasteiger charge is -2.33. The molecule has 2 bridgehead atoms. The monoisotopic (exact) mass is 302 g/mol. The number of carbonyl (C=O) groups excluding carboxylic acids is 2. The average molecular weight is 302 g/mol. The molecule has 4 atom stereocenters. The minimum Gasteiger partial charge on any atom is -0.508 e. The van der Waals surface area contributed by atoms with Crippen molar-refractivity contribution in [3.05, 3.63) is 42.0 Å². The van der Waals surface area contributed by atoms with E-state index >= 15 is 0 Å². The summed E-state index contributed by atoms with van der Waals surface area (Å²) in [5, 5.41) is 9.47. The molecule has 0 unspecified atom stereocenters. The maximum atomic E-state index is 12.0. The van der Waals surface area contributed by atoms with Gasteiger partial charge in [-0.15, -0.1) is 0 Å². The molecule has 1 saturated heterocycles. The molecule has 1 aromatic rings. The summed E-state index contributed by atoms with van der Waals surface area (Å²) >= 11 is 0. The topological polar surface area (TPSA) is 72.8 Å². The van der Waals surface area contributed by atoms with E-state index < -0.39 is 11.7 Å². The summed E-state index contributed by atoms with van der Waals surface area (Å²) in [7, 11) is 0. The van der Waals surface area contributed by atoms with E-state index in [1.54, 1.807) is 18.2 Å². The molecule has 0 aliphatic carbocycles. The van der Waals surface area contributed by atoms with E-state index in [0.29, 0.717) is 0 Å². The normalized spacial score (nSPS) is 33.0. The fraction of sp³-hybridized carbons (Fsp3) is 0.412. The summed E-state index contributed by atoms with van der Waals surface area (Å²) in [4.78, 5) is 23.2. The lowest BCUT2D eigenvalue weighted by molar-refractivity contribution is -0.152. The molecule has 5 heteroatoms. The number of carbonyl (C=O) groups is 2. The number of hydrogen-bond donors (Lipinski definition) is 1. The molecule has 1 N–H and O–H groups in total. The molecule has 0 aromatic heterocycles. The number of ether oxygens (including phenoxy) is 2. The number of fused-ring (bicyclic) bond motifs is 2. The zero-order chi connectivity index (χ0) is 15.9. The van der Waals surface area contributed by atoms with Crippen LogP contribution in [0.2, 0.25) is 0 Å². The standard InChI is InChI=1S/C17H18O5/c1-10-15(12-3-5-13(19)6-4-12)17(9-21-11(2)18)8-7-14(20)16(10)22-17/h3-8,10,15-16,19H,9H2,1-2H3/t10-,15+,16-,17+/m1/s1. The van der Waals surface area contributed by atoms with Crippen LogP contribution in [0.15, 0.2) is 36.4 Å². The van der Waals surface area contributed by atoms with Crippen LogP contribution in [-0.4, -0.2) is 35.2 Å². The molecule has 0 radical (unpaired) electrons. The van der Waals surface area contributed by atoms with Crippen LogP contribution in [0.25, 0.3) is 0 Å². The quantitative estimate of drug-likeness (QED) is 0.864. The third-order valence-electron chi connectivity index (χ3n) is 4.44. The zero-order valence-corrected chi connectivity index (χ0v) is 12.5. The van der Waals surface area contributed by atoms with Crippen LogP contribution < -0.4 is 0 Å². The summed E-state index contributed by atoms with van der Waals surface area (Å²) < 4.78 is 11.2. The summed E-state index contributed by atoms with van der Waals surface area (Å²) in [5.41, 5.74) is 0.111. The maximum absolute atomic E-state index is 12.0. The van der Waals surface area contributed by atoms with Gasteiger partial charge in [-0.3, -0.25) is 9.59 Å². The fourth-order valence-corrected chi connectivity index (χ4v) is 3.47. The second-order valence-electron chi connectivity index (χ2n) is 5.94. The van der Waals surface area contributed by atoms with Crippen LogP contribution >= 0.6 is 0 Å². The molecule has 0 saturated carbocycles. The third kappa shape index (κ3) is 2.31. The van der Waals surface area contributed by atoms with Crippen LogP contribution in [0.1, 0.15) is 25.3 Å². The minimum absolute atomic E-state index is 0.0531. The van der Waals surface area contributed by atoms with Gasteiger partial charge in [0.25, 0.3) is 0 Å². The summed E-state index contributed by atoms with van der Waals surface area (Å²) in [6.07, 6.45) is 2.70. The molecule has 22 heavy (non-hydrogen) atoms. The van der Waals surface area contributed by atoms with Gasteiger partial charge in [-0.1, -0.05) is 19.1 Å². The van der Waals surface area contributed by atoms with Gasteiger partial charge >= 0.3 is 5.97 Å². The van der Waals surface area contributed by atoms with Gasteiger partial charge in [0.2, 0.25) is 0 Å². The predicted molar refractivity (Wildman–Crippen MR) is 78.4 cm³/mol. The minimum atomic E-state index is -0.833. The molecule has 3 rings (SSSR count). The second-order valence-corrected chi connectivity index (χ2v) is 5.94. The van der Waals surface area contributed by atoms with Gasteiger partial charge in [-0.25, -0.2) is 0 Å². The number of rotatable bonds is 3. The van der Waals surface area contributed by atoms with Crippen molar-refractivity contribution in [2.75, 3.05) is 6.61 Å². The Kier molecular flexibility index (Phi) is 3.53. The molecule has 0 amide bonds. The second kappa shape index (κ2) is 5.25. The summed E-state index contributed by atoms with van der Waals surface area (Å²) in [5.74, 6) is -0.447. The van der Waals surface area contributed by atoms with Crippen molar-refractivity contribution in [3.8, 4) is 5.75 Å². The lowest BCUT2D eigenvalue weighted by Crippen LogP contribution is -2.41. The highest BCUT2D eigenvalue weighted by Crippen LogP contribution is 2.50. The van der Waals surface area contributed by atoms with Crippen LogP contribution in [0.5, 0.6) is 5.75 Å². The number of phenolic OH excluding ortho intramolecular Hbond substituents is 1. The summed E-state index contributed by atoms with van der Waals surface area (Å²) in [6, 6.07) is 6.84. The highest BCUT2D eigenvalue weighted by Gasteiger charge is 2.56. The van der Waals surface area contributed by atoms with Crippen molar-refractivity contribution < 1.29 is 24.2 Å². The largest absolute Gasteiger partial charge is 0.508 e. The van der Waals surface area contributed by atoms with Gasteiger partial charge in [-0.05, 0) is 35.8 Å². The van der Waals surface area contributed by atoms with Crippen molar-refractivity contribution in [1.29, 1.82) is 0 Å². The molecule has 2 aliphatic rings. The van der Waals surface area contributed by atoms with Gasteiger partial charge in [0.15, 0.2) is 5.78 Å². The zero-order valence-electron chi connectivity index (χ0n) is 12.5. The molecule has 1 fully saturated rings. The Morgan fingerprint density at radius 2 is 2.05 bits per heavy atom. The van der Waals surface area contributed by atoms with Crippen LogP contribution in [-0.2, 0) is 19.1 Å². The molecule has 2 heterocycles. The first-order valence-electron chi connectivity index (χ1n) is 7.26. The first-order chi connectivity index (χ1) is 10.4. The maximum Gasteiger partial charge on any atom is 0.302 e. The van der Waals surface area contributed by atoms with Gasteiger partial charge in [0.05, 0.1) is 0 Å². The SMILES string of the molecule is CC(=O)OC[C@]12C=CC(=O)[C@H](O1)[C@H](C)[C@H]2c1ccc(O)cc1. The van der Waals surface area contributed by atoms with Crippen LogP contribution in [0.4, 0.5) is 0 Å². The number of phenols is 1. The number of esters is 1. The van der Waals surface area contributed by atoms with Gasteiger partial charge < -0.3 is 14.6 Å².